The van der Waals surface area contributed by atoms with Gasteiger partial charge in [0.1, 0.15) is 5.82 Å². The highest BCUT2D eigenvalue weighted by Crippen LogP contribution is 2.28. The molecule has 0 saturated carbocycles. The summed E-state index contributed by atoms with van der Waals surface area (Å²) in [6, 6.07) is 7.99. The van der Waals surface area contributed by atoms with Gasteiger partial charge in [-0.1, -0.05) is 0 Å². The Balaban J connectivity index is 1.87. The van der Waals surface area contributed by atoms with Gasteiger partial charge in [-0.25, -0.2) is 13.2 Å². The summed E-state index contributed by atoms with van der Waals surface area (Å²) in [6.07, 6.45) is 1.59. The third-order valence-electron chi connectivity index (χ3n) is 3.69. The molecule has 0 amide bonds. The molecule has 0 bridgehead atoms. The number of rotatable bonds is 6. The molecule has 130 valence electrons. The van der Waals surface area contributed by atoms with Crippen LogP contribution in [0.15, 0.2) is 42.6 Å². The molecule has 0 unspecified atom stereocenters. The molecule has 3 rings (SSSR count). The molecule has 2 aromatic carbocycles. The number of carboxylic acids is 1. The van der Waals surface area contributed by atoms with Crippen LogP contribution in [0.3, 0.4) is 0 Å². The van der Waals surface area contributed by atoms with Gasteiger partial charge < -0.3 is 14.4 Å². The minimum atomic E-state index is -1.00. The number of hydrogen-bond acceptors (Lipinski definition) is 2. The number of carboxylic acid groups (broad SMARTS) is 1. The Kier molecular flexibility index (Phi) is 4.65. The molecule has 0 saturated heterocycles. The first kappa shape index (κ1) is 16.9. The summed E-state index contributed by atoms with van der Waals surface area (Å²) in [7, 11) is 0. The van der Waals surface area contributed by atoms with E-state index in [9.17, 15) is 18.0 Å². The maximum absolute atomic E-state index is 14.2. The molecule has 1 aromatic heterocycles. The van der Waals surface area contributed by atoms with E-state index in [1.54, 1.807) is 12.3 Å². The Morgan fingerprint density at radius 2 is 1.80 bits per heavy atom. The lowest BCUT2D eigenvalue weighted by Crippen LogP contribution is -2.05. The van der Waals surface area contributed by atoms with Crippen LogP contribution in [0.25, 0.3) is 16.6 Å². The monoisotopic (exact) mass is 349 g/mol. The molecule has 0 fully saturated rings. The lowest BCUT2D eigenvalue weighted by molar-refractivity contribution is -0.137. The fraction of sp³-hybridized carbons (Fsp3) is 0.167. The van der Waals surface area contributed by atoms with Crippen LogP contribution in [0, 0.1) is 17.5 Å². The second-order valence-electron chi connectivity index (χ2n) is 5.47. The smallest absolute Gasteiger partial charge is 0.303 e. The van der Waals surface area contributed by atoms with E-state index in [1.165, 1.54) is 22.8 Å². The second kappa shape index (κ2) is 6.88. The van der Waals surface area contributed by atoms with Crippen molar-refractivity contribution >= 4 is 16.9 Å². The highest BCUT2D eigenvalue weighted by molar-refractivity contribution is 5.82. The Morgan fingerprint density at radius 3 is 2.48 bits per heavy atom. The minimum absolute atomic E-state index is 0.106. The zero-order valence-corrected chi connectivity index (χ0v) is 13.0. The Labute approximate surface area is 141 Å². The number of aliphatic carboxylic acids is 1. The van der Waals surface area contributed by atoms with Gasteiger partial charge in [0.25, 0.3) is 0 Å². The minimum Gasteiger partial charge on any atom is -0.488 e. The molecular formula is C18H14F3NO3. The average Bonchev–Trinajstić information content (AvgIpc) is 2.95. The normalized spacial score (nSPS) is 11.0. The highest BCUT2D eigenvalue weighted by atomic mass is 19.1. The van der Waals surface area contributed by atoms with Crippen LogP contribution in [0.1, 0.15) is 12.8 Å². The molecule has 25 heavy (non-hydrogen) atoms. The number of halogens is 3. The van der Waals surface area contributed by atoms with Crippen molar-refractivity contribution < 1.29 is 27.8 Å². The van der Waals surface area contributed by atoms with E-state index in [1.807, 2.05) is 0 Å². The predicted molar refractivity (Wildman–Crippen MR) is 85.5 cm³/mol. The molecule has 1 N–H and O–H groups in total. The summed E-state index contributed by atoms with van der Waals surface area (Å²) in [6.45, 7) is -0.106. The van der Waals surface area contributed by atoms with Gasteiger partial charge in [-0.15, -0.1) is 0 Å². The van der Waals surface area contributed by atoms with Crippen LogP contribution in [0.4, 0.5) is 13.2 Å². The maximum atomic E-state index is 14.2. The number of benzene rings is 2. The van der Waals surface area contributed by atoms with Crippen molar-refractivity contribution in [3.05, 3.63) is 60.0 Å². The van der Waals surface area contributed by atoms with Crippen LogP contribution in [0.5, 0.6) is 5.75 Å². The molecule has 0 aliphatic heterocycles. The van der Waals surface area contributed by atoms with Crippen LogP contribution in [-0.4, -0.2) is 22.2 Å². The van der Waals surface area contributed by atoms with Crippen molar-refractivity contribution in [1.29, 1.82) is 0 Å². The molecule has 7 heteroatoms. The van der Waals surface area contributed by atoms with E-state index >= 15 is 0 Å². The molecule has 1 heterocycles. The van der Waals surface area contributed by atoms with Crippen molar-refractivity contribution in [2.45, 2.75) is 12.8 Å². The fourth-order valence-corrected chi connectivity index (χ4v) is 2.56. The average molecular weight is 349 g/mol. The number of nitrogens with zero attached hydrogens (tertiary/aromatic N) is 1. The molecule has 0 aliphatic carbocycles. The van der Waals surface area contributed by atoms with Crippen LogP contribution >= 0.6 is 0 Å². The van der Waals surface area contributed by atoms with Crippen LogP contribution in [0.2, 0.25) is 0 Å². The lowest BCUT2D eigenvalue weighted by atomic mass is 10.2. The molecule has 3 aromatic rings. The number of fused-ring (bicyclic) bond motifs is 1. The number of carbonyl (C=O) groups is 1. The van der Waals surface area contributed by atoms with Crippen LogP contribution in [-0.2, 0) is 4.79 Å². The predicted octanol–water partition coefficient (Wildman–Crippen LogP) is 4.29. The Morgan fingerprint density at radius 1 is 1.08 bits per heavy atom. The third-order valence-corrected chi connectivity index (χ3v) is 3.69. The summed E-state index contributed by atoms with van der Waals surface area (Å²) in [4.78, 5) is 10.4. The quantitative estimate of drug-likeness (QED) is 0.676. The largest absolute Gasteiger partial charge is 0.488 e. The third kappa shape index (κ3) is 3.60. The second-order valence-corrected chi connectivity index (χ2v) is 5.47. The molecule has 0 aliphatic rings. The Bertz CT molecular complexity index is 913. The van der Waals surface area contributed by atoms with E-state index < -0.39 is 29.2 Å². The first-order chi connectivity index (χ1) is 12.0. The van der Waals surface area contributed by atoms with Gasteiger partial charge in [0.2, 0.25) is 0 Å². The van der Waals surface area contributed by atoms with Crippen molar-refractivity contribution in [2.24, 2.45) is 0 Å². The lowest BCUT2D eigenvalue weighted by Gasteiger charge is -2.11. The number of aromatic nitrogens is 1. The van der Waals surface area contributed by atoms with E-state index in [0.29, 0.717) is 10.9 Å². The molecule has 4 nitrogen and oxygen atoms in total. The molecule has 0 radical (unpaired) electrons. The molecule has 0 atom stereocenters. The number of hydrogen-bond donors (Lipinski definition) is 1. The van der Waals surface area contributed by atoms with Crippen molar-refractivity contribution in [1.82, 2.24) is 4.57 Å². The van der Waals surface area contributed by atoms with E-state index in [2.05, 4.69) is 0 Å². The van der Waals surface area contributed by atoms with E-state index in [-0.39, 0.29) is 25.1 Å². The van der Waals surface area contributed by atoms with Crippen molar-refractivity contribution in [3.63, 3.8) is 0 Å². The fourth-order valence-electron chi connectivity index (χ4n) is 2.56. The standard InChI is InChI=1S/C18H14F3NO3/c19-12-3-4-16-11(8-12)5-6-22(16)13-9-14(20)18(15(21)10-13)25-7-1-2-17(23)24/h3-6,8-10H,1-2,7H2,(H,23,24). The molecule has 0 spiro atoms. The summed E-state index contributed by atoms with van der Waals surface area (Å²) in [5.41, 5.74) is 0.838. The number of ether oxygens (including phenoxy) is 1. The Hall–Kier alpha value is -2.96. The van der Waals surface area contributed by atoms with Crippen LogP contribution < -0.4 is 4.74 Å². The van der Waals surface area contributed by atoms with E-state index in [0.717, 1.165) is 12.1 Å². The SMILES string of the molecule is O=C(O)CCCOc1c(F)cc(-n2ccc3cc(F)ccc32)cc1F. The summed E-state index contributed by atoms with van der Waals surface area (Å²) in [5.74, 6) is -3.73. The summed E-state index contributed by atoms with van der Waals surface area (Å²) < 4.78 is 48.2. The van der Waals surface area contributed by atoms with Gasteiger partial charge in [-0.05, 0) is 30.7 Å². The first-order valence-corrected chi connectivity index (χ1v) is 7.56. The van der Waals surface area contributed by atoms with Crippen molar-refractivity contribution in [3.8, 4) is 11.4 Å². The zero-order valence-electron chi connectivity index (χ0n) is 13.0. The first-order valence-electron chi connectivity index (χ1n) is 7.56. The topological polar surface area (TPSA) is 51.5 Å². The van der Waals surface area contributed by atoms with Crippen molar-refractivity contribution in [2.75, 3.05) is 6.61 Å². The molecular weight excluding hydrogens is 335 g/mol. The van der Waals surface area contributed by atoms with Gasteiger partial charge in [0, 0.05) is 30.1 Å². The summed E-state index contributed by atoms with van der Waals surface area (Å²) in [5, 5.41) is 9.14. The van der Waals surface area contributed by atoms with Gasteiger partial charge in [-0.2, -0.15) is 0 Å². The zero-order chi connectivity index (χ0) is 18.0. The van der Waals surface area contributed by atoms with Gasteiger partial charge in [0.05, 0.1) is 17.8 Å². The van der Waals surface area contributed by atoms with Gasteiger partial charge >= 0.3 is 5.97 Å². The highest BCUT2D eigenvalue weighted by Gasteiger charge is 2.15. The van der Waals surface area contributed by atoms with Gasteiger partial charge in [0.15, 0.2) is 17.4 Å². The maximum Gasteiger partial charge on any atom is 0.303 e. The van der Waals surface area contributed by atoms with E-state index in [4.69, 9.17) is 9.84 Å². The van der Waals surface area contributed by atoms with Gasteiger partial charge in [-0.3, -0.25) is 4.79 Å². The summed E-state index contributed by atoms with van der Waals surface area (Å²) >= 11 is 0.